The molecule has 26 heavy (non-hydrogen) atoms. The number of likely N-dealkylation sites (N-methyl/N-ethyl adjacent to an activating group) is 1. The number of piperidine rings is 1. The number of β-amino-alcohol motifs (C(OH)–C–C–N with tert-alkyl or cyclic N) is 1. The molecule has 2 aliphatic heterocycles. The summed E-state index contributed by atoms with van der Waals surface area (Å²) in [5.74, 6) is 1.97. The summed E-state index contributed by atoms with van der Waals surface area (Å²) < 4.78 is 5.18. The van der Waals surface area contributed by atoms with Gasteiger partial charge in [-0.2, -0.15) is 4.98 Å². The lowest BCUT2D eigenvalue weighted by Gasteiger charge is -2.44. The number of hydrogen-bond donors (Lipinski definition) is 1. The third-order valence-electron chi connectivity index (χ3n) is 5.40. The molecule has 0 aliphatic carbocycles. The molecular formula is C18H26N6O2. The SMILES string of the molecule is Cc1noc(-c2ccc(N3CC[C@@H](N4CCN(C)CC4)[C@H](O)C3)nc2)n1. The molecule has 2 aromatic heterocycles. The minimum atomic E-state index is -0.354. The molecule has 0 radical (unpaired) electrons. The van der Waals surface area contributed by atoms with Crippen molar-refractivity contribution in [3.63, 3.8) is 0 Å². The fraction of sp³-hybridized carbons (Fsp3) is 0.611. The second kappa shape index (κ2) is 7.30. The Balaban J connectivity index is 1.39. The number of aliphatic hydroxyl groups is 1. The first-order chi connectivity index (χ1) is 12.6. The lowest BCUT2D eigenvalue weighted by atomic mass is 9.99. The predicted octanol–water partition coefficient (Wildman–Crippen LogP) is 0.627. The Kier molecular flexibility index (Phi) is 4.88. The lowest BCUT2D eigenvalue weighted by Crippen LogP contribution is -2.58. The Bertz CT molecular complexity index is 726. The number of aliphatic hydroxyl groups excluding tert-OH is 1. The van der Waals surface area contributed by atoms with Crippen LogP contribution in [0.2, 0.25) is 0 Å². The van der Waals surface area contributed by atoms with Crippen LogP contribution in [0.1, 0.15) is 12.2 Å². The van der Waals surface area contributed by atoms with Gasteiger partial charge >= 0.3 is 0 Å². The quantitative estimate of drug-likeness (QED) is 0.855. The maximum absolute atomic E-state index is 10.7. The smallest absolute Gasteiger partial charge is 0.259 e. The van der Waals surface area contributed by atoms with E-state index >= 15 is 0 Å². The topological polar surface area (TPSA) is 81.8 Å². The van der Waals surface area contributed by atoms with Gasteiger partial charge in [-0.15, -0.1) is 0 Å². The van der Waals surface area contributed by atoms with Gasteiger partial charge < -0.3 is 19.4 Å². The number of aromatic nitrogens is 3. The van der Waals surface area contributed by atoms with Crippen molar-refractivity contribution in [3.8, 4) is 11.5 Å². The molecule has 0 amide bonds. The molecule has 8 nitrogen and oxygen atoms in total. The Morgan fingerprint density at radius 1 is 1.15 bits per heavy atom. The normalized spacial score (nSPS) is 25.6. The molecule has 2 atom stereocenters. The van der Waals surface area contributed by atoms with Crippen LogP contribution in [-0.4, -0.2) is 88.5 Å². The molecule has 2 aliphatic rings. The maximum atomic E-state index is 10.7. The molecule has 2 fully saturated rings. The molecule has 140 valence electrons. The summed E-state index contributed by atoms with van der Waals surface area (Å²) in [6.07, 6.45) is 2.35. The molecule has 8 heteroatoms. The molecule has 0 saturated carbocycles. The van der Waals surface area contributed by atoms with Gasteiger partial charge in [0, 0.05) is 51.5 Å². The third kappa shape index (κ3) is 3.58. The second-order valence-electron chi connectivity index (χ2n) is 7.26. The van der Waals surface area contributed by atoms with Crippen LogP contribution < -0.4 is 4.90 Å². The van der Waals surface area contributed by atoms with E-state index in [1.807, 2.05) is 12.1 Å². The summed E-state index contributed by atoms with van der Waals surface area (Å²) in [7, 11) is 2.15. The van der Waals surface area contributed by atoms with E-state index in [9.17, 15) is 5.11 Å². The first-order valence-corrected chi connectivity index (χ1v) is 9.22. The highest BCUT2D eigenvalue weighted by Gasteiger charge is 2.33. The first-order valence-electron chi connectivity index (χ1n) is 9.22. The fourth-order valence-corrected chi connectivity index (χ4v) is 3.82. The number of pyridine rings is 1. The van der Waals surface area contributed by atoms with E-state index in [1.165, 1.54) is 0 Å². The van der Waals surface area contributed by atoms with Crippen molar-refractivity contribution in [3.05, 3.63) is 24.2 Å². The van der Waals surface area contributed by atoms with E-state index in [0.717, 1.165) is 50.5 Å². The molecule has 0 unspecified atom stereocenters. The highest BCUT2D eigenvalue weighted by molar-refractivity contribution is 5.54. The van der Waals surface area contributed by atoms with Crippen molar-refractivity contribution in [1.29, 1.82) is 0 Å². The van der Waals surface area contributed by atoms with Crippen LogP contribution in [0.25, 0.3) is 11.5 Å². The van der Waals surface area contributed by atoms with Gasteiger partial charge in [-0.25, -0.2) is 4.98 Å². The molecule has 0 bridgehead atoms. The minimum Gasteiger partial charge on any atom is -0.390 e. The Morgan fingerprint density at radius 2 is 1.96 bits per heavy atom. The summed E-state index contributed by atoms with van der Waals surface area (Å²) in [6.45, 7) is 7.53. The van der Waals surface area contributed by atoms with Crippen LogP contribution >= 0.6 is 0 Å². The van der Waals surface area contributed by atoms with Gasteiger partial charge in [-0.1, -0.05) is 5.16 Å². The van der Waals surface area contributed by atoms with Crippen LogP contribution in [0.4, 0.5) is 5.82 Å². The van der Waals surface area contributed by atoms with E-state index in [0.29, 0.717) is 18.3 Å². The van der Waals surface area contributed by atoms with Gasteiger partial charge in [0.15, 0.2) is 5.82 Å². The largest absolute Gasteiger partial charge is 0.390 e. The fourth-order valence-electron chi connectivity index (χ4n) is 3.82. The van der Waals surface area contributed by atoms with Crippen LogP contribution in [0.3, 0.4) is 0 Å². The first kappa shape index (κ1) is 17.4. The van der Waals surface area contributed by atoms with E-state index in [2.05, 4.69) is 36.9 Å². The molecular weight excluding hydrogens is 332 g/mol. The number of anilines is 1. The molecule has 0 aromatic carbocycles. The zero-order valence-electron chi connectivity index (χ0n) is 15.4. The van der Waals surface area contributed by atoms with Gasteiger partial charge in [0.05, 0.1) is 11.7 Å². The predicted molar refractivity (Wildman–Crippen MR) is 98.0 cm³/mol. The Labute approximate surface area is 153 Å². The molecule has 1 N–H and O–H groups in total. The molecule has 4 rings (SSSR count). The summed E-state index contributed by atoms with van der Waals surface area (Å²) in [5.41, 5.74) is 0.808. The number of rotatable bonds is 3. The summed E-state index contributed by atoms with van der Waals surface area (Å²) in [4.78, 5) is 15.7. The molecule has 0 spiro atoms. The number of nitrogens with zero attached hydrogens (tertiary/aromatic N) is 6. The van der Waals surface area contributed by atoms with Crippen molar-refractivity contribution in [1.82, 2.24) is 24.9 Å². The average Bonchev–Trinajstić information content (AvgIpc) is 3.09. The highest BCUT2D eigenvalue weighted by Crippen LogP contribution is 2.24. The zero-order valence-corrected chi connectivity index (χ0v) is 15.4. The van der Waals surface area contributed by atoms with Crippen molar-refractivity contribution in [2.24, 2.45) is 0 Å². The Morgan fingerprint density at radius 3 is 2.58 bits per heavy atom. The maximum Gasteiger partial charge on any atom is 0.259 e. The monoisotopic (exact) mass is 358 g/mol. The zero-order chi connectivity index (χ0) is 18.1. The van der Waals surface area contributed by atoms with E-state index in [4.69, 9.17) is 4.52 Å². The van der Waals surface area contributed by atoms with Crippen LogP contribution in [0.15, 0.2) is 22.9 Å². The van der Waals surface area contributed by atoms with E-state index < -0.39 is 0 Å². The lowest BCUT2D eigenvalue weighted by molar-refractivity contribution is 0.0138. The van der Waals surface area contributed by atoms with Crippen molar-refractivity contribution in [2.75, 3.05) is 51.2 Å². The van der Waals surface area contributed by atoms with E-state index in [-0.39, 0.29) is 12.1 Å². The van der Waals surface area contributed by atoms with Gasteiger partial charge in [0.2, 0.25) is 0 Å². The number of piperazine rings is 1. The van der Waals surface area contributed by atoms with Crippen molar-refractivity contribution >= 4 is 5.82 Å². The van der Waals surface area contributed by atoms with Gasteiger partial charge in [0.25, 0.3) is 5.89 Å². The van der Waals surface area contributed by atoms with Crippen molar-refractivity contribution < 1.29 is 9.63 Å². The molecule has 2 saturated heterocycles. The molecule has 2 aromatic rings. The van der Waals surface area contributed by atoms with Gasteiger partial charge in [0.1, 0.15) is 5.82 Å². The summed E-state index contributed by atoms with van der Waals surface area (Å²) in [5, 5.41) is 14.5. The summed E-state index contributed by atoms with van der Waals surface area (Å²) in [6, 6.07) is 4.15. The standard InChI is InChI=1S/C18H26N6O2/c1-13-20-18(26-21-13)14-3-4-17(19-11-14)24-6-5-15(16(25)12-24)23-9-7-22(2)8-10-23/h3-4,11,15-16,25H,5-10,12H2,1-2H3/t15-,16-/m1/s1. The highest BCUT2D eigenvalue weighted by atomic mass is 16.5. The van der Waals surface area contributed by atoms with Gasteiger partial charge in [-0.05, 0) is 32.5 Å². The third-order valence-corrected chi connectivity index (χ3v) is 5.40. The summed E-state index contributed by atoms with van der Waals surface area (Å²) >= 11 is 0. The Hall–Kier alpha value is -2.03. The van der Waals surface area contributed by atoms with Crippen LogP contribution in [-0.2, 0) is 0 Å². The van der Waals surface area contributed by atoms with Gasteiger partial charge in [-0.3, -0.25) is 4.90 Å². The number of hydrogen-bond acceptors (Lipinski definition) is 8. The van der Waals surface area contributed by atoms with Crippen LogP contribution in [0.5, 0.6) is 0 Å². The van der Waals surface area contributed by atoms with Crippen LogP contribution in [0, 0.1) is 6.92 Å². The van der Waals surface area contributed by atoms with E-state index in [1.54, 1.807) is 13.1 Å². The molecule has 4 heterocycles. The van der Waals surface area contributed by atoms with Crippen molar-refractivity contribution in [2.45, 2.75) is 25.5 Å². The average molecular weight is 358 g/mol. The minimum absolute atomic E-state index is 0.251. The second-order valence-corrected chi connectivity index (χ2v) is 7.26. The number of aryl methyl sites for hydroxylation is 1.